The third kappa shape index (κ3) is 4.24. The summed E-state index contributed by atoms with van der Waals surface area (Å²) >= 11 is 0. The van der Waals surface area contributed by atoms with Crippen molar-refractivity contribution in [3.63, 3.8) is 0 Å². The van der Waals surface area contributed by atoms with Gasteiger partial charge in [0.25, 0.3) is 11.8 Å². The summed E-state index contributed by atoms with van der Waals surface area (Å²) in [5.41, 5.74) is 0.836. The van der Waals surface area contributed by atoms with Crippen LogP contribution in [0.25, 0.3) is 0 Å². The molecule has 1 fully saturated rings. The third-order valence-corrected chi connectivity index (χ3v) is 4.67. The highest BCUT2D eigenvalue weighted by Gasteiger charge is 2.34. The summed E-state index contributed by atoms with van der Waals surface area (Å²) in [6, 6.07) is 6.75. The molecule has 0 saturated carbocycles. The minimum atomic E-state index is -0.315. The zero-order valence-corrected chi connectivity index (χ0v) is 14.3. The van der Waals surface area contributed by atoms with Crippen molar-refractivity contribution >= 4 is 17.7 Å². The molecule has 0 aliphatic carbocycles. The molecule has 0 atom stereocenters. The summed E-state index contributed by atoms with van der Waals surface area (Å²) in [6.45, 7) is 5.41. The quantitative estimate of drug-likeness (QED) is 0.495. The molecule has 0 unspecified atom stereocenters. The molecule has 7 nitrogen and oxygen atoms in total. The topological polar surface area (TPSA) is 80.2 Å². The Morgan fingerprint density at radius 3 is 2.40 bits per heavy atom. The number of carbonyl (C=O) groups excluding carboxylic acids is 3. The van der Waals surface area contributed by atoms with E-state index in [1.165, 1.54) is 4.90 Å². The van der Waals surface area contributed by atoms with Crippen LogP contribution in [0.2, 0.25) is 0 Å². The highest BCUT2D eigenvalue weighted by Crippen LogP contribution is 2.22. The van der Waals surface area contributed by atoms with Gasteiger partial charge in [0.15, 0.2) is 0 Å². The Hall–Kier alpha value is -2.25. The molecule has 7 heteroatoms. The Morgan fingerprint density at radius 1 is 1.12 bits per heavy atom. The number of hydrogen-bond donors (Lipinski definition) is 2. The van der Waals surface area contributed by atoms with Crippen molar-refractivity contribution in [2.75, 3.05) is 45.9 Å². The van der Waals surface area contributed by atoms with Crippen molar-refractivity contribution in [3.05, 3.63) is 35.4 Å². The second-order valence-corrected chi connectivity index (χ2v) is 6.37. The standard InChI is InChI=1S/C18H23N3O4/c22-16(19-7-3-8-20-10-12-25-13-11-20)6-9-21-17(23)14-4-1-2-5-15(14)18(21)24/h1-2,4-5H,3,6-13H2,(H,19,22)/p+1. The molecule has 0 spiro atoms. The number of carbonyl (C=O) groups is 3. The van der Waals surface area contributed by atoms with Gasteiger partial charge in [-0.25, -0.2) is 0 Å². The second kappa shape index (κ2) is 8.22. The van der Waals surface area contributed by atoms with Gasteiger partial charge in [-0.1, -0.05) is 12.1 Å². The van der Waals surface area contributed by atoms with E-state index in [-0.39, 0.29) is 30.7 Å². The molecule has 134 valence electrons. The first-order valence-corrected chi connectivity index (χ1v) is 8.80. The van der Waals surface area contributed by atoms with Crippen LogP contribution in [0.4, 0.5) is 0 Å². The lowest BCUT2D eigenvalue weighted by atomic mass is 10.1. The van der Waals surface area contributed by atoms with E-state index in [2.05, 4.69) is 5.32 Å². The molecule has 0 aromatic heterocycles. The van der Waals surface area contributed by atoms with Gasteiger partial charge in [0.2, 0.25) is 5.91 Å². The predicted octanol–water partition coefficient (Wildman–Crippen LogP) is -0.906. The fraction of sp³-hybridized carbons (Fsp3) is 0.500. The van der Waals surface area contributed by atoms with Gasteiger partial charge < -0.3 is 15.0 Å². The smallest absolute Gasteiger partial charge is 0.261 e. The number of rotatable bonds is 7. The lowest BCUT2D eigenvalue weighted by Gasteiger charge is -2.23. The highest BCUT2D eigenvalue weighted by molar-refractivity contribution is 6.21. The Morgan fingerprint density at radius 2 is 1.76 bits per heavy atom. The first-order chi connectivity index (χ1) is 12.2. The second-order valence-electron chi connectivity index (χ2n) is 6.37. The summed E-state index contributed by atoms with van der Waals surface area (Å²) in [4.78, 5) is 39.0. The number of nitrogens with one attached hydrogen (secondary N) is 2. The van der Waals surface area contributed by atoms with Crippen LogP contribution in [0.3, 0.4) is 0 Å². The molecule has 2 aliphatic heterocycles. The molecule has 25 heavy (non-hydrogen) atoms. The molecule has 1 aromatic carbocycles. The molecule has 2 heterocycles. The maximum absolute atomic E-state index is 12.2. The van der Waals surface area contributed by atoms with E-state index in [0.29, 0.717) is 17.7 Å². The van der Waals surface area contributed by atoms with Crippen LogP contribution in [0.5, 0.6) is 0 Å². The Balaban J connectivity index is 1.37. The molecule has 0 radical (unpaired) electrons. The molecule has 1 saturated heterocycles. The lowest BCUT2D eigenvalue weighted by molar-refractivity contribution is -0.908. The van der Waals surface area contributed by atoms with E-state index in [0.717, 1.165) is 44.2 Å². The number of quaternary nitrogens is 1. The molecule has 1 aromatic rings. The van der Waals surface area contributed by atoms with Crippen LogP contribution in [0.1, 0.15) is 33.6 Å². The van der Waals surface area contributed by atoms with E-state index in [1.54, 1.807) is 24.3 Å². The minimum absolute atomic E-state index is 0.118. The Kier molecular flexibility index (Phi) is 5.78. The predicted molar refractivity (Wildman–Crippen MR) is 90.4 cm³/mol. The molecule has 3 amide bonds. The normalized spacial score (nSPS) is 17.7. The van der Waals surface area contributed by atoms with Crippen LogP contribution in [0.15, 0.2) is 24.3 Å². The van der Waals surface area contributed by atoms with Gasteiger partial charge in [-0.15, -0.1) is 0 Å². The number of imide groups is 1. The largest absolute Gasteiger partial charge is 0.370 e. The number of morpholine rings is 1. The van der Waals surface area contributed by atoms with Gasteiger partial charge in [0, 0.05) is 25.9 Å². The van der Waals surface area contributed by atoms with Crippen LogP contribution >= 0.6 is 0 Å². The van der Waals surface area contributed by atoms with Gasteiger partial charge in [-0.2, -0.15) is 0 Å². The summed E-state index contributed by atoms with van der Waals surface area (Å²) < 4.78 is 5.32. The third-order valence-electron chi connectivity index (χ3n) is 4.67. The molecule has 3 rings (SSSR count). The fourth-order valence-electron chi connectivity index (χ4n) is 3.22. The first kappa shape index (κ1) is 17.6. The highest BCUT2D eigenvalue weighted by atomic mass is 16.5. The van der Waals surface area contributed by atoms with Crippen molar-refractivity contribution in [3.8, 4) is 0 Å². The number of fused-ring (bicyclic) bond motifs is 1. The monoisotopic (exact) mass is 346 g/mol. The number of benzene rings is 1. The van der Waals surface area contributed by atoms with Gasteiger partial charge in [-0.05, 0) is 12.1 Å². The maximum Gasteiger partial charge on any atom is 0.261 e. The van der Waals surface area contributed by atoms with E-state index in [1.807, 2.05) is 0 Å². The Labute approximate surface area is 146 Å². The van der Waals surface area contributed by atoms with E-state index < -0.39 is 0 Å². The summed E-state index contributed by atoms with van der Waals surface area (Å²) in [7, 11) is 0. The van der Waals surface area contributed by atoms with E-state index >= 15 is 0 Å². The number of hydrogen-bond acceptors (Lipinski definition) is 4. The zero-order valence-electron chi connectivity index (χ0n) is 14.3. The first-order valence-electron chi connectivity index (χ1n) is 8.80. The zero-order chi connectivity index (χ0) is 17.6. The van der Waals surface area contributed by atoms with E-state index in [9.17, 15) is 14.4 Å². The average Bonchev–Trinajstić information content (AvgIpc) is 2.89. The van der Waals surface area contributed by atoms with Crippen LogP contribution in [-0.2, 0) is 9.53 Å². The van der Waals surface area contributed by atoms with Gasteiger partial charge in [0.05, 0.1) is 30.9 Å². The van der Waals surface area contributed by atoms with Crippen LogP contribution in [0, 0.1) is 0 Å². The summed E-state index contributed by atoms with van der Waals surface area (Å²) in [5.74, 6) is -0.762. The number of amides is 3. The summed E-state index contributed by atoms with van der Waals surface area (Å²) in [6.07, 6.45) is 1.05. The van der Waals surface area contributed by atoms with Crippen molar-refractivity contribution in [2.45, 2.75) is 12.8 Å². The number of nitrogens with zero attached hydrogens (tertiary/aromatic N) is 1. The molecular weight excluding hydrogens is 322 g/mol. The fourth-order valence-corrected chi connectivity index (χ4v) is 3.22. The lowest BCUT2D eigenvalue weighted by Crippen LogP contribution is -3.14. The minimum Gasteiger partial charge on any atom is -0.370 e. The molecule has 2 aliphatic rings. The van der Waals surface area contributed by atoms with Crippen LogP contribution in [-0.4, -0.2) is 68.6 Å². The molecule has 0 bridgehead atoms. The van der Waals surface area contributed by atoms with Gasteiger partial charge >= 0.3 is 0 Å². The molecular formula is C18H24N3O4+. The van der Waals surface area contributed by atoms with E-state index in [4.69, 9.17) is 4.74 Å². The SMILES string of the molecule is O=C(CCN1C(=O)c2ccccc2C1=O)NCCC[NH+]1CCOCC1. The molecule has 2 N–H and O–H groups in total. The maximum atomic E-state index is 12.2. The van der Waals surface area contributed by atoms with Crippen LogP contribution < -0.4 is 10.2 Å². The van der Waals surface area contributed by atoms with Crippen molar-refractivity contribution in [2.24, 2.45) is 0 Å². The van der Waals surface area contributed by atoms with Crippen molar-refractivity contribution in [1.29, 1.82) is 0 Å². The van der Waals surface area contributed by atoms with Gasteiger partial charge in [0.1, 0.15) is 13.1 Å². The van der Waals surface area contributed by atoms with Crippen molar-refractivity contribution < 1.29 is 24.0 Å². The van der Waals surface area contributed by atoms with Gasteiger partial charge in [-0.3, -0.25) is 19.3 Å². The summed E-state index contributed by atoms with van der Waals surface area (Å²) in [5, 5.41) is 2.86. The Bertz CT molecular complexity index is 620. The van der Waals surface area contributed by atoms with Crippen molar-refractivity contribution in [1.82, 2.24) is 10.2 Å². The average molecular weight is 346 g/mol. The number of ether oxygens (including phenoxy) is 1.